The summed E-state index contributed by atoms with van der Waals surface area (Å²) in [5.74, 6) is 0. The molecular formula is C14H23BrN2O2S. The summed E-state index contributed by atoms with van der Waals surface area (Å²) in [5.41, 5.74) is 7.16. The van der Waals surface area contributed by atoms with Crippen molar-refractivity contribution in [1.29, 1.82) is 0 Å². The summed E-state index contributed by atoms with van der Waals surface area (Å²) in [6, 6.07) is 3.54. The predicted octanol–water partition coefficient (Wildman–Crippen LogP) is 3.03. The van der Waals surface area contributed by atoms with Crippen molar-refractivity contribution in [3.63, 3.8) is 0 Å². The second-order valence-electron chi connectivity index (χ2n) is 4.94. The second kappa shape index (κ2) is 7.54. The van der Waals surface area contributed by atoms with E-state index in [0.29, 0.717) is 18.0 Å². The van der Waals surface area contributed by atoms with Crippen LogP contribution in [0.3, 0.4) is 0 Å². The number of rotatable bonds is 7. The van der Waals surface area contributed by atoms with Gasteiger partial charge in [-0.25, -0.2) is 12.7 Å². The Labute approximate surface area is 130 Å². The Bertz CT molecular complexity index is 559. The predicted molar refractivity (Wildman–Crippen MR) is 86.1 cm³/mol. The SMILES string of the molecule is CCCCCN(C)S(=O)(=O)c1cc(CN)cc(Br)c1C. The Morgan fingerprint density at radius 3 is 2.50 bits per heavy atom. The van der Waals surface area contributed by atoms with Crippen molar-refractivity contribution in [3.05, 3.63) is 27.7 Å². The fraction of sp³-hybridized carbons (Fsp3) is 0.571. The molecule has 0 aliphatic rings. The molecule has 4 nitrogen and oxygen atoms in total. The molecule has 0 heterocycles. The molecule has 0 aliphatic heterocycles. The van der Waals surface area contributed by atoms with Gasteiger partial charge in [0.1, 0.15) is 0 Å². The van der Waals surface area contributed by atoms with Crippen LogP contribution in [-0.4, -0.2) is 26.3 Å². The maximum Gasteiger partial charge on any atom is 0.243 e. The van der Waals surface area contributed by atoms with Gasteiger partial charge in [-0.05, 0) is 36.6 Å². The molecule has 0 radical (unpaired) electrons. The lowest BCUT2D eigenvalue weighted by Crippen LogP contribution is -2.28. The highest BCUT2D eigenvalue weighted by Crippen LogP contribution is 2.27. The van der Waals surface area contributed by atoms with E-state index in [1.807, 2.05) is 6.07 Å². The monoisotopic (exact) mass is 362 g/mol. The Hall–Kier alpha value is -0.430. The zero-order valence-electron chi connectivity index (χ0n) is 12.3. The average Bonchev–Trinajstić information content (AvgIpc) is 2.41. The van der Waals surface area contributed by atoms with Crippen LogP contribution in [0.4, 0.5) is 0 Å². The lowest BCUT2D eigenvalue weighted by Gasteiger charge is -2.19. The van der Waals surface area contributed by atoms with E-state index in [4.69, 9.17) is 5.73 Å². The third-order valence-corrected chi connectivity index (χ3v) is 6.16. The summed E-state index contributed by atoms with van der Waals surface area (Å²) in [4.78, 5) is 0.339. The van der Waals surface area contributed by atoms with Gasteiger partial charge in [0.25, 0.3) is 0 Å². The zero-order valence-corrected chi connectivity index (χ0v) is 14.7. The number of nitrogens with two attached hydrogens (primary N) is 1. The van der Waals surface area contributed by atoms with Gasteiger partial charge in [-0.3, -0.25) is 0 Å². The lowest BCUT2D eigenvalue weighted by molar-refractivity contribution is 0.454. The summed E-state index contributed by atoms with van der Waals surface area (Å²) in [6.07, 6.45) is 2.98. The number of sulfonamides is 1. The van der Waals surface area contributed by atoms with E-state index in [1.54, 1.807) is 20.0 Å². The molecule has 1 aromatic carbocycles. The number of unbranched alkanes of at least 4 members (excludes halogenated alkanes) is 2. The van der Waals surface area contributed by atoms with Crippen LogP contribution < -0.4 is 5.73 Å². The molecule has 0 aliphatic carbocycles. The first-order valence-corrected chi connectivity index (χ1v) is 9.03. The van der Waals surface area contributed by atoms with Gasteiger partial charge in [-0.1, -0.05) is 35.7 Å². The highest BCUT2D eigenvalue weighted by atomic mass is 79.9. The molecule has 0 atom stereocenters. The fourth-order valence-electron chi connectivity index (χ4n) is 1.97. The number of benzene rings is 1. The summed E-state index contributed by atoms with van der Waals surface area (Å²) < 4.78 is 27.5. The Morgan fingerprint density at radius 2 is 1.95 bits per heavy atom. The van der Waals surface area contributed by atoms with Crippen LogP contribution in [-0.2, 0) is 16.6 Å². The van der Waals surface area contributed by atoms with Crippen LogP contribution >= 0.6 is 15.9 Å². The third kappa shape index (κ3) is 4.04. The molecule has 0 saturated heterocycles. The van der Waals surface area contributed by atoms with Crippen LogP contribution in [0, 0.1) is 6.92 Å². The minimum atomic E-state index is -3.46. The standard InChI is InChI=1S/C14H23BrN2O2S/c1-4-5-6-7-17(3)20(18,19)14-9-12(10-16)8-13(15)11(14)2/h8-9H,4-7,10,16H2,1-3H3. The van der Waals surface area contributed by atoms with Crippen LogP contribution in [0.25, 0.3) is 0 Å². The maximum absolute atomic E-state index is 12.6. The minimum Gasteiger partial charge on any atom is -0.326 e. The molecule has 1 rings (SSSR count). The molecule has 20 heavy (non-hydrogen) atoms. The molecule has 2 N–H and O–H groups in total. The molecule has 0 unspecified atom stereocenters. The quantitative estimate of drug-likeness (QED) is 0.758. The molecule has 0 amide bonds. The van der Waals surface area contributed by atoms with Gasteiger partial charge < -0.3 is 5.73 Å². The molecule has 1 aromatic rings. The van der Waals surface area contributed by atoms with E-state index in [2.05, 4.69) is 22.9 Å². The molecule has 0 fully saturated rings. The first-order chi connectivity index (χ1) is 9.34. The van der Waals surface area contributed by atoms with Crippen molar-refractivity contribution in [2.75, 3.05) is 13.6 Å². The molecule has 0 saturated carbocycles. The largest absolute Gasteiger partial charge is 0.326 e. The summed E-state index contributed by atoms with van der Waals surface area (Å²) in [5, 5.41) is 0. The number of halogens is 1. The summed E-state index contributed by atoms with van der Waals surface area (Å²) in [7, 11) is -1.83. The minimum absolute atomic E-state index is 0.320. The molecular weight excluding hydrogens is 340 g/mol. The molecule has 6 heteroatoms. The van der Waals surface area contributed by atoms with Crippen LogP contribution in [0.2, 0.25) is 0 Å². The van der Waals surface area contributed by atoms with Crippen molar-refractivity contribution in [2.24, 2.45) is 5.73 Å². The van der Waals surface area contributed by atoms with Crippen molar-refractivity contribution >= 4 is 26.0 Å². The lowest BCUT2D eigenvalue weighted by atomic mass is 10.1. The first kappa shape index (κ1) is 17.6. The topological polar surface area (TPSA) is 63.4 Å². The average molecular weight is 363 g/mol. The number of hydrogen-bond donors (Lipinski definition) is 1. The molecule has 0 spiro atoms. The van der Waals surface area contributed by atoms with E-state index in [-0.39, 0.29) is 0 Å². The van der Waals surface area contributed by atoms with Crippen LogP contribution in [0.15, 0.2) is 21.5 Å². The maximum atomic E-state index is 12.6. The van der Waals surface area contributed by atoms with Crippen molar-refractivity contribution in [3.8, 4) is 0 Å². The smallest absolute Gasteiger partial charge is 0.243 e. The molecule has 0 bridgehead atoms. The highest BCUT2D eigenvalue weighted by molar-refractivity contribution is 9.10. The summed E-state index contributed by atoms with van der Waals surface area (Å²) in [6.45, 7) is 4.76. The third-order valence-electron chi connectivity index (χ3n) is 3.36. The van der Waals surface area contributed by atoms with Gasteiger partial charge in [0.2, 0.25) is 10.0 Å². The normalized spacial score (nSPS) is 12.1. The molecule has 0 aromatic heterocycles. The van der Waals surface area contributed by atoms with Crippen molar-refractivity contribution in [2.45, 2.75) is 44.6 Å². The van der Waals surface area contributed by atoms with Gasteiger partial charge in [0.15, 0.2) is 0 Å². The van der Waals surface area contributed by atoms with Gasteiger partial charge in [-0.2, -0.15) is 0 Å². The fourth-order valence-corrected chi connectivity index (χ4v) is 4.11. The Morgan fingerprint density at radius 1 is 1.30 bits per heavy atom. The second-order valence-corrected chi connectivity index (χ2v) is 7.81. The molecule has 114 valence electrons. The zero-order chi connectivity index (χ0) is 15.3. The Balaban J connectivity index is 3.11. The van der Waals surface area contributed by atoms with Crippen molar-refractivity contribution in [1.82, 2.24) is 4.31 Å². The first-order valence-electron chi connectivity index (χ1n) is 6.80. The number of nitrogens with zero attached hydrogens (tertiary/aromatic N) is 1. The van der Waals surface area contributed by atoms with E-state index in [0.717, 1.165) is 34.9 Å². The van der Waals surface area contributed by atoms with Gasteiger partial charge in [-0.15, -0.1) is 0 Å². The van der Waals surface area contributed by atoms with E-state index in [1.165, 1.54) is 4.31 Å². The number of hydrogen-bond acceptors (Lipinski definition) is 3. The van der Waals surface area contributed by atoms with E-state index < -0.39 is 10.0 Å². The van der Waals surface area contributed by atoms with Crippen LogP contribution in [0.1, 0.15) is 37.3 Å². The van der Waals surface area contributed by atoms with Gasteiger partial charge in [0, 0.05) is 24.6 Å². The van der Waals surface area contributed by atoms with Crippen molar-refractivity contribution < 1.29 is 8.42 Å². The van der Waals surface area contributed by atoms with Crippen LogP contribution in [0.5, 0.6) is 0 Å². The van der Waals surface area contributed by atoms with E-state index in [9.17, 15) is 8.42 Å². The Kier molecular flexibility index (Phi) is 6.64. The van der Waals surface area contributed by atoms with Gasteiger partial charge >= 0.3 is 0 Å². The highest BCUT2D eigenvalue weighted by Gasteiger charge is 2.23. The summed E-state index contributed by atoms with van der Waals surface area (Å²) >= 11 is 3.40. The van der Waals surface area contributed by atoms with E-state index >= 15 is 0 Å². The van der Waals surface area contributed by atoms with Gasteiger partial charge in [0.05, 0.1) is 4.90 Å².